The van der Waals surface area contributed by atoms with E-state index in [9.17, 15) is 14.7 Å². The minimum Gasteiger partial charge on any atom is -0.480 e. The molecule has 1 heterocycles. The van der Waals surface area contributed by atoms with Crippen LogP contribution in [0.25, 0.3) is 11.1 Å². The third kappa shape index (κ3) is 3.06. The second kappa shape index (κ2) is 6.70. The molecule has 1 amide bonds. The zero-order valence-electron chi connectivity index (χ0n) is 15.0. The zero-order valence-corrected chi connectivity index (χ0v) is 15.0. The van der Waals surface area contributed by atoms with Crippen LogP contribution in [0.4, 0.5) is 4.79 Å². The van der Waals surface area contributed by atoms with Gasteiger partial charge in [-0.25, -0.2) is 9.59 Å². The summed E-state index contributed by atoms with van der Waals surface area (Å²) < 4.78 is 10.5. The molecular formula is C21H21NO5. The van der Waals surface area contributed by atoms with Crippen LogP contribution in [0.5, 0.6) is 0 Å². The van der Waals surface area contributed by atoms with Gasteiger partial charge in [0.2, 0.25) is 0 Å². The predicted octanol–water partition coefficient (Wildman–Crippen LogP) is 3.01. The summed E-state index contributed by atoms with van der Waals surface area (Å²) in [5, 5.41) is 11.9. The van der Waals surface area contributed by atoms with Crippen LogP contribution in [0.3, 0.4) is 0 Å². The molecule has 1 aliphatic heterocycles. The van der Waals surface area contributed by atoms with Gasteiger partial charge in [-0.05, 0) is 22.3 Å². The molecule has 2 aromatic rings. The van der Waals surface area contributed by atoms with E-state index >= 15 is 0 Å². The van der Waals surface area contributed by atoms with E-state index in [1.807, 2.05) is 36.4 Å². The van der Waals surface area contributed by atoms with E-state index in [1.54, 1.807) is 6.92 Å². The summed E-state index contributed by atoms with van der Waals surface area (Å²) in [6, 6.07) is 15.1. The Morgan fingerprint density at radius 3 is 2.19 bits per heavy atom. The fourth-order valence-corrected chi connectivity index (χ4v) is 3.88. The minimum absolute atomic E-state index is 0.0611. The Hall–Kier alpha value is -2.86. The number of alkyl carbamates (subject to hydrolysis) is 1. The number of carbonyl (C=O) groups is 2. The van der Waals surface area contributed by atoms with Crippen molar-refractivity contribution in [3.05, 3.63) is 59.7 Å². The van der Waals surface area contributed by atoms with Crippen molar-refractivity contribution in [1.82, 2.24) is 5.32 Å². The van der Waals surface area contributed by atoms with Crippen molar-refractivity contribution in [1.29, 1.82) is 0 Å². The van der Waals surface area contributed by atoms with Crippen molar-refractivity contribution in [3.63, 3.8) is 0 Å². The highest BCUT2D eigenvalue weighted by Gasteiger charge is 2.46. The van der Waals surface area contributed by atoms with Gasteiger partial charge in [0.15, 0.2) is 0 Å². The molecule has 1 saturated heterocycles. The van der Waals surface area contributed by atoms with Gasteiger partial charge in [-0.15, -0.1) is 0 Å². The number of carboxylic acids is 1. The lowest BCUT2D eigenvalue weighted by atomic mass is 9.80. The van der Waals surface area contributed by atoms with Gasteiger partial charge in [0.05, 0.1) is 13.2 Å². The van der Waals surface area contributed by atoms with E-state index in [-0.39, 0.29) is 12.5 Å². The molecule has 0 spiro atoms. The number of nitrogens with one attached hydrogen (secondary N) is 1. The predicted molar refractivity (Wildman–Crippen MR) is 98.6 cm³/mol. The minimum atomic E-state index is -1.09. The normalized spacial score (nSPS) is 18.0. The molecule has 6 nitrogen and oxygen atoms in total. The van der Waals surface area contributed by atoms with Crippen LogP contribution in [-0.4, -0.2) is 43.0 Å². The van der Waals surface area contributed by atoms with Gasteiger partial charge in [0.25, 0.3) is 0 Å². The first-order chi connectivity index (χ1) is 13.0. The lowest BCUT2D eigenvalue weighted by molar-refractivity contribution is -0.161. The Morgan fingerprint density at radius 1 is 1.15 bits per heavy atom. The number of hydrogen-bond donors (Lipinski definition) is 2. The summed E-state index contributed by atoms with van der Waals surface area (Å²) in [5.74, 6) is -1.15. The van der Waals surface area contributed by atoms with Crippen LogP contribution in [0.15, 0.2) is 48.5 Å². The van der Waals surface area contributed by atoms with Gasteiger partial charge in [-0.2, -0.15) is 0 Å². The number of rotatable bonds is 5. The van der Waals surface area contributed by atoms with Crippen molar-refractivity contribution in [2.24, 2.45) is 5.41 Å². The van der Waals surface area contributed by atoms with Gasteiger partial charge in [0.1, 0.15) is 12.6 Å². The molecule has 0 bridgehead atoms. The first kappa shape index (κ1) is 17.5. The maximum Gasteiger partial charge on any atom is 0.407 e. The molecule has 2 aliphatic rings. The molecule has 1 atom stereocenters. The van der Waals surface area contributed by atoms with E-state index in [2.05, 4.69) is 17.4 Å². The van der Waals surface area contributed by atoms with Crippen molar-refractivity contribution < 1.29 is 24.2 Å². The van der Waals surface area contributed by atoms with Gasteiger partial charge >= 0.3 is 12.1 Å². The van der Waals surface area contributed by atoms with Crippen LogP contribution < -0.4 is 5.32 Å². The molecule has 4 rings (SSSR count). The second-order valence-corrected chi connectivity index (χ2v) is 7.39. The lowest BCUT2D eigenvalue weighted by Crippen LogP contribution is -2.60. The Kier molecular flexibility index (Phi) is 4.36. The average molecular weight is 367 g/mol. The summed E-state index contributed by atoms with van der Waals surface area (Å²) in [4.78, 5) is 23.8. The van der Waals surface area contributed by atoms with Crippen molar-refractivity contribution in [2.75, 3.05) is 19.8 Å². The quantitative estimate of drug-likeness (QED) is 0.849. The molecule has 2 aromatic carbocycles. The molecular weight excluding hydrogens is 346 g/mol. The Labute approximate surface area is 157 Å². The number of fused-ring (bicyclic) bond motifs is 3. The van der Waals surface area contributed by atoms with Gasteiger partial charge < -0.3 is 19.9 Å². The van der Waals surface area contributed by atoms with Crippen LogP contribution in [0.1, 0.15) is 24.0 Å². The van der Waals surface area contributed by atoms with Gasteiger partial charge in [-0.1, -0.05) is 55.5 Å². The molecule has 140 valence electrons. The van der Waals surface area contributed by atoms with Gasteiger partial charge in [0, 0.05) is 11.3 Å². The van der Waals surface area contributed by atoms with Crippen LogP contribution in [0.2, 0.25) is 0 Å². The molecule has 6 heteroatoms. The van der Waals surface area contributed by atoms with E-state index in [0.29, 0.717) is 13.2 Å². The fourth-order valence-electron chi connectivity index (χ4n) is 3.88. The van der Waals surface area contributed by atoms with E-state index in [1.165, 1.54) is 0 Å². The molecule has 2 N–H and O–H groups in total. The SMILES string of the molecule is CC1([C@H](NC(=O)OCC2c3ccccc3-c3ccccc32)C(=O)O)COC1. The van der Waals surface area contributed by atoms with Crippen molar-refractivity contribution >= 4 is 12.1 Å². The highest BCUT2D eigenvalue weighted by molar-refractivity contribution is 5.81. The molecule has 27 heavy (non-hydrogen) atoms. The molecule has 1 fully saturated rings. The number of carbonyl (C=O) groups excluding carboxylic acids is 1. The lowest BCUT2D eigenvalue weighted by Gasteiger charge is -2.42. The first-order valence-electron chi connectivity index (χ1n) is 8.92. The number of hydrogen-bond acceptors (Lipinski definition) is 4. The summed E-state index contributed by atoms with van der Waals surface area (Å²) >= 11 is 0. The van der Waals surface area contributed by atoms with E-state index in [4.69, 9.17) is 9.47 Å². The van der Waals surface area contributed by atoms with Crippen LogP contribution in [-0.2, 0) is 14.3 Å². The molecule has 0 radical (unpaired) electrons. The Balaban J connectivity index is 1.47. The van der Waals surface area contributed by atoms with Crippen molar-refractivity contribution in [3.8, 4) is 11.1 Å². The summed E-state index contributed by atoms with van der Waals surface area (Å²) in [6.45, 7) is 2.53. The number of ether oxygens (including phenoxy) is 2. The third-order valence-corrected chi connectivity index (χ3v) is 5.41. The zero-order chi connectivity index (χ0) is 19.0. The van der Waals surface area contributed by atoms with Gasteiger partial charge in [-0.3, -0.25) is 0 Å². The number of aliphatic carboxylic acids is 1. The Morgan fingerprint density at radius 2 is 1.70 bits per heavy atom. The summed E-state index contributed by atoms with van der Waals surface area (Å²) in [5.41, 5.74) is 3.90. The van der Waals surface area contributed by atoms with E-state index < -0.39 is 23.5 Å². The monoisotopic (exact) mass is 367 g/mol. The summed E-state index contributed by atoms with van der Waals surface area (Å²) in [6.07, 6.45) is -0.725. The fraction of sp³-hybridized carbons (Fsp3) is 0.333. The topological polar surface area (TPSA) is 84.9 Å². The first-order valence-corrected chi connectivity index (χ1v) is 8.92. The number of amides is 1. The number of benzene rings is 2. The maximum absolute atomic E-state index is 12.3. The summed E-state index contributed by atoms with van der Waals surface area (Å²) in [7, 11) is 0. The van der Waals surface area contributed by atoms with Crippen LogP contribution in [0, 0.1) is 5.41 Å². The van der Waals surface area contributed by atoms with E-state index in [0.717, 1.165) is 22.3 Å². The van der Waals surface area contributed by atoms with Crippen LogP contribution >= 0.6 is 0 Å². The Bertz CT molecular complexity index is 844. The van der Waals surface area contributed by atoms with Crippen molar-refractivity contribution in [2.45, 2.75) is 18.9 Å². The molecule has 0 unspecified atom stereocenters. The highest BCUT2D eigenvalue weighted by atomic mass is 16.5. The maximum atomic E-state index is 12.3. The largest absolute Gasteiger partial charge is 0.480 e. The molecule has 0 saturated carbocycles. The third-order valence-electron chi connectivity index (χ3n) is 5.41. The second-order valence-electron chi connectivity index (χ2n) is 7.39. The smallest absolute Gasteiger partial charge is 0.407 e. The average Bonchev–Trinajstić information content (AvgIpc) is 2.96. The standard InChI is InChI=1S/C21H21NO5/c1-21(11-26-12-21)18(19(23)24)22-20(25)27-10-17-15-8-4-2-6-13(15)14-7-3-5-9-16(14)17/h2-9,17-18H,10-12H2,1H3,(H,22,25)(H,23,24)/t18-/m1/s1. The highest BCUT2D eigenvalue weighted by Crippen LogP contribution is 2.44. The molecule has 1 aliphatic carbocycles. The number of carboxylic acid groups (broad SMARTS) is 1. The molecule has 0 aromatic heterocycles.